The Balaban J connectivity index is 0.000000614. The number of hydrogen-bond donors (Lipinski definition) is 1. The summed E-state index contributed by atoms with van der Waals surface area (Å²) in [6.45, 7) is 14.2. The summed E-state index contributed by atoms with van der Waals surface area (Å²) >= 11 is 0. The van der Waals surface area contributed by atoms with Crippen LogP contribution in [0.5, 0.6) is 0 Å². The monoisotopic (exact) mass is 360 g/mol. The highest BCUT2D eigenvalue weighted by molar-refractivity contribution is 6.22. The molecule has 4 aromatic rings. The van der Waals surface area contributed by atoms with E-state index in [-0.39, 0.29) is 0 Å². The van der Waals surface area contributed by atoms with E-state index in [2.05, 4.69) is 78.7 Å². The molecule has 4 rings (SSSR count). The fraction of sp³-hybridized carbons (Fsp3) is 0.280. The summed E-state index contributed by atoms with van der Waals surface area (Å²) in [5, 5.41) is 3.87. The molecule has 2 nitrogen and oxygen atoms in total. The quantitative estimate of drug-likeness (QED) is 0.383. The second-order valence-electron chi connectivity index (χ2n) is 5.93. The van der Waals surface area contributed by atoms with Crippen LogP contribution in [0.2, 0.25) is 0 Å². The first-order valence-electron chi connectivity index (χ1n) is 10.1. The van der Waals surface area contributed by atoms with E-state index in [0.29, 0.717) is 0 Å². The number of fused-ring (bicyclic) bond motifs is 5. The first kappa shape index (κ1) is 20.6. The normalized spacial score (nSPS) is 10.7. The van der Waals surface area contributed by atoms with Crippen molar-refractivity contribution in [2.75, 3.05) is 0 Å². The van der Waals surface area contributed by atoms with Gasteiger partial charge in [0.25, 0.3) is 0 Å². The maximum Gasteiger partial charge on any atom is 0.0496 e. The van der Waals surface area contributed by atoms with Crippen molar-refractivity contribution in [3.8, 4) is 0 Å². The number of nitrogens with zero attached hydrogens (tertiary/aromatic N) is 1. The van der Waals surface area contributed by atoms with Gasteiger partial charge in [-0.05, 0) is 30.7 Å². The maximum atomic E-state index is 4.06. The van der Waals surface area contributed by atoms with Gasteiger partial charge >= 0.3 is 0 Å². The maximum absolute atomic E-state index is 4.06. The molecule has 27 heavy (non-hydrogen) atoms. The van der Waals surface area contributed by atoms with Gasteiger partial charge in [0.15, 0.2) is 0 Å². The van der Waals surface area contributed by atoms with Gasteiger partial charge in [-0.1, -0.05) is 71.5 Å². The van der Waals surface area contributed by atoms with E-state index in [9.17, 15) is 0 Å². The molecule has 0 spiro atoms. The van der Waals surface area contributed by atoms with Crippen molar-refractivity contribution in [3.63, 3.8) is 0 Å². The number of benzene rings is 2. The van der Waals surface area contributed by atoms with E-state index in [0.717, 1.165) is 12.1 Å². The predicted molar refractivity (Wildman–Crippen MR) is 124 cm³/mol. The number of nitrogens with one attached hydrogen (secondary N) is 1. The van der Waals surface area contributed by atoms with Crippen molar-refractivity contribution in [3.05, 3.63) is 60.3 Å². The lowest BCUT2D eigenvalue weighted by molar-refractivity contribution is 1.01. The lowest BCUT2D eigenvalue weighted by Crippen LogP contribution is -1.85. The van der Waals surface area contributed by atoms with Crippen LogP contribution in [0, 0.1) is 0 Å². The molecule has 0 aliphatic rings. The molecular formula is C25H32N2. The zero-order valence-corrected chi connectivity index (χ0v) is 17.6. The van der Waals surface area contributed by atoms with Crippen LogP contribution in [0.1, 0.15) is 52.3 Å². The van der Waals surface area contributed by atoms with Gasteiger partial charge in [0.2, 0.25) is 0 Å². The van der Waals surface area contributed by atoms with Gasteiger partial charge < -0.3 is 9.55 Å². The van der Waals surface area contributed by atoms with Crippen LogP contribution in [0.4, 0.5) is 0 Å². The van der Waals surface area contributed by atoms with Gasteiger partial charge in [0.05, 0.1) is 0 Å². The number of rotatable bonds is 3. The minimum Gasteiger partial charge on any atom is -0.354 e. The fourth-order valence-electron chi connectivity index (χ4n) is 3.56. The zero-order valence-electron chi connectivity index (χ0n) is 17.6. The Hall–Kier alpha value is -2.74. The molecule has 2 aromatic carbocycles. The molecule has 0 aliphatic heterocycles. The van der Waals surface area contributed by atoms with Gasteiger partial charge in [0, 0.05) is 51.0 Å². The van der Waals surface area contributed by atoms with Gasteiger partial charge in [-0.3, -0.25) is 0 Å². The van der Waals surface area contributed by atoms with Crippen molar-refractivity contribution < 1.29 is 0 Å². The number of H-pyrrole nitrogens is 1. The summed E-state index contributed by atoms with van der Waals surface area (Å²) in [5.74, 6) is 0. The van der Waals surface area contributed by atoms with E-state index < -0.39 is 0 Å². The first-order chi connectivity index (χ1) is 13.3. The number of aromatic amines is 1. The molecule has 2 heterocycles. The first-order valence-corrected chi connectivity index (χ1v) is 10.1. The van der Waals surface area contributed by atoms with Crippen molar-refractivity contribution in [1.82, 2.24) is 9.55 Å². The SMILES string of the molecule is C=Cc1c(/C=C\CC)[nH]c2ccc3c(c4ccccc4n3C)c12.CC.CC. The van der Waals surface area contributed by atoms with Crippen LogP contribution in [0.25, 0.3) is 44.9 Å². The van der Waals surface area contributed by atoms with E-state index in [4.69, 9.17) is 0 Å². The lowest BCUT2D eigenvalue weighted by atomic mass is 10.0. The molecule has 0 saturated carbocycles. The highest BCUT2D eigenvalue weighted by Crippen LogP contribution is 2.37. The zero-order chi connectivity index (χ0) is 20.0. The molecule has 0 radical (unpaired) electrons. The summed E-state index contributed by atoms with van der Waals surface area (Å²) in [6.07, 6.45) is 7.33. The summed E-state index contributed by atoms with van der Waals surface area (Å²) in [7, 11) is 2.13. The molecule has 0 saturated heterocycles. The Morgan fingerprint density at radius 1 is 0.963 bits per heavy atom. The summed E-state index contributed by atoms with van der Waals surface area (Å²) in [6, 6.07) is 13.0. The van der Waals surface area contributed by atoms with Crippen molar-refractivity contribution in [2.45, 2.75) is 41.0 Å². The smallest absolute Gasteiger partial charge is 0.0496 e. The topological polar surface area (TPSA) is 20.7 Å². The van der Waals surface area contributed by atoms with E-state index in [1.807, 2.05) is 33.8 Å². The average Bonchev–Trinajstić information content (AvgIpc) is 3.24. The van der Waals surface area contributed by atoms with Crippen LogP contribution in [-0.2, 0) is 7.05 Å². The minimum absolute atomic E-state index is 1.02. The number of hydrogen-bond acceptors (Lipinski definition) is 0. The molecule has 2 aromatic heterocycles. The third-order valence-corrected chi connectivity index (χ3v) is 4.63. The van der Waals surface area contributed by atoms with Crippen LogP contribution in [-0.4, -0.2) is 9.55 Å². The third-order valence-electron chi connectivity index (χ3n) is 4.63. The second-order valence-corrected chi connectivity index (χ2v) is 5.93. The molecule has 0 bridgehead atoms. The summed E-state index contributed by atoms with van der Waals surface area (Å²) < 4.78 is 2.27. The van der Waals surface area contributed by atoms with E-state index in [1.54, 1.807) is 0 Å². The fourth-order valence-corrected chi connectivity index (χ4v) is 3.56. The van der Waals surface area contributed by atoms with Crippen molar-refractivity contribution in [2.24, 2.45) is 7.05 Å². The molecular weight excluding hydrogens is 328 g/mol. The van der Waals surface area contributed by atoms with Crippen LogP contribution in [0.3, 0.4) is 0 Å². The Morgan fingerprint density at radius 2 is 1.67 bits per heavy atom. The van der Waals surface area contributed by atoms with Gasteiger partial charge in [-0.2, -0.15) is 0 Å². The van der Waals surface area contributed by atoms with Crippen LogP contribution < -0.4 is 0 Å². The third kappa shape index (κ3) is 3.44. The molecule has 1 N–H and O–H groups in total. The molecule has 142 valence electrons. The Morgan fingerprint density at radius 3 is 2.33 bits per heavy atom. The summed E-state index contributed by atoms with van der Waals surface area (Å²) in [5.41, 5.74) is 6.01. The average molecular weight is 361 g/mol. The molecule has 0 unspecified atom stereocenters. The Kier molecular flexibility index (Phi) is 7.06. The van der Waals surface area contributed by atoms with E-state index in [1.165, 1.54) is 38.3 Å². The number of aromatic nitrogens is 2. The molecule has 0 fully saturated rings. The highest BCUT2D eigenvalue weighted by atomic mass is 14.9. The number of allylic oxidation sites excluding steroid dienone is 1. The molecule has 2 heteroatoms. The van der Waals surface area contributed by atoms with Crippen molar-refractivity contribution in [1.29, 1.82) is 0 Å². The van der Waals surface area contributed by atoms with Gasteiger partial charge in [0.1, 0.15) is 0 Å². The molecule has 0 amide bonds. The van der Waals surface area contributed by atoms with Crippen LogP contribution in [0.15, 0.2) is 49.1 Å². The molecule has 0 atom stereocenters. The Bertz CT molecular complexity index is 1070. The minimum atomic E-state index is 1.02. The standard InChI is InChI=1S/C21H20N2.2C2H6/c1-4-6-10-16-14(5-2)20-17(22-16)12-13-19-21(20)15-9-7-8-11-18(15)23(19)3;2*1-2/h5-13,22H,2,4H2,1,3H3;2*1-2H3/b10-6-;;. The summed E-state index contributed by atoms with van der Waals surface area (Å²) in [4.78, 5) is 3.55. The van der Waals surface area contributed by atoms with Crippen molar-refractivity contribution >= 4 is 44.9 Å². The number of aryl methyl sites for hydroxylation is 1. The second kappa shape index (κ2) is 9.27. The Labute approximate surface area is 163 Å². The van der Waals surface area contributed by atoms with Gasteiger partial charge in [-0.15, -0.1) is 0 Å². The van der Waals surface area contributed by atoms with Gasteiger partial charge in [-0.25, -0.2) is 0 Å². The largest absolute Gasteiger partial charge is 0.354 e. The lowest BCUT2D eigenvalue weighted by Gasteiger charge is -1.99. The van der Waals surface area contributed by atoms with Crippen LogP contribution >= 0.6 is 0 Å². The predicted octanol–water partition coefficient (Wildman–Crippen LogP) is 7.93. The van der Waals surface area contributed by atoms with E-state index >= 15 is 0 Å². The highest BCUT2D eigenvalue weighted by Gasteiger charge is 2.15. The number of para-hydroxylation sites is 1. The molecule has 0 aliphatic carbocycles.